The van der Waals surface area contributed by atoms with E-state index in [2.05, 4.69) is 6.92 Å². The minimum atomic E-state index is -0.897. The molecule has 3 aliphatic carbocycles. The number of ether oxygens (including phenoxy) is 1. The van der Waals surface area contributed by atoms with Gasteiger partial charge < -0.3 is 9.84 Å². The summed E-state index contributed by atoms with van der Waals surface area (Å²) in [6.45, 7) is 2.13. The van der Waals surface area contributed by atoms with Crippen molar-refractivity contribution >= 4 is 5.97 Å². The lowest BCUT2D eigenvalue weighted by Gasteiger charge is -2.60. The zero-order valence-corrected chi connectivity index (χ0v) is 13.9. The monoisotopic (exact) mass is 306 g/mol. The zero-order chi connectivity index (χ0) is 15.4. The Labute approximate surface area is 133 Å². The van der Waals surface area contributed by atoms with Gasteiger partial charge in [-0.1, -0.05) is 32.1 Å². The molecule has 1 N–H and O–H groups in total. The molecule has 0 spiro atoms. The van der Waals surface area contributed by atoms with Crippen LogP contribution in [0, 0.1) is 23.2 Å². The normalized spacial score (nSPS) is 51.8. The standard InChI is InChI=1S/C19H30O3/c1-18(12-16(20)17(21)22-18)19-10-5-4-8-15(19)14-7-3-2-6-13(14)9-11-19/h13-16,20H,2-12H2,1H3. The van der Waals surface area contributed by atoms with Crippen LogP contribution < -0.4 is 0 Å². The molecule has 0 radical (unpaired) electrons. The van der Waals surface area contributed by atoms with Crippen molar-refractivity contribution in [3.63, 3.8) is 0 Å². The highest BCUT2D eigenvalue weighted by Crippen LogP contribution is 2.64. The Morgan fingerprint density at radius 1 is 1.05 bits per heavy atom. The Bertz CT molecular complexity index is 462. The number of cyclic esters (lactones) is 1. The molecule has 1 heterocycles. The predicted molar refractivity (Wildman–Crippen MR) is 84.2 cm³/mol. The molecule has 4 aliphatic rings. The van der Waals surface area contributed by atoms with Gasteiger partial charge in [-0.15, -0.1) is 0 Å². The van der Waals surface area contributed by atoms with E-state index >= 15 is 0 Å². The molecule has 22 heavy (non-hydrogen) atoms. The summed E-state index contributed by atoms with van der Waals surface area (Å²) in [5, 5.41) is 10.0. The molecular formula is C19H30O3. The second kappa shape index (κ2) is 5.22. The van der Waals surface area contributed by atoms with Crippen LogP contribution in [0.15, 0.2) is 0 Å². The number of rotatable bonds is 1. The van der Waals surface area contributed by atoms with Crippen LogP contribution in [0.3, 0.4) is 0 Å². The fourth-order valence-electron chi connectivity index (χ4n) is 6.78. The molecule has 124 valence electrons. The zero-order valence-electron chi connectivity index (χ0n) is 13.9. The Kier molecular flexibility index (Phi) is 3.56. The Hall–Kier alpha value is -0.570. The van der Waals surface area contributed by atoms with Crippen LogP contribution in [-0.4, -0.2) is 22.8 Å². The van der Waals surface area contributed by atoms with Crippen LogP contribution in [0.25, 0.3) is 0 Å². The van der Waals surface area contributed by atoms with E-state index < -0.39 is 11.7 Å². The number of aliphatic hydroxyl groups is 1. The minimum absolute atomic E-state index is 0.136. The van der Waals surface area contributed by atoms with Crippen LogP contribution in [0.2, 0.25) is 0 Å². The van der Waals surface area contributed by atoms with Crippen LogP contribution in [0.4, 0.5) is 0 Å². The number of fused-ring (bicyclic) bond motifs is 3. The average Bonchev–Trinajstić information content (AvgIpc) is 2.81. The largest absolute Gasteiger partial charge is 0.457 e. The average molecular weight is 306 g/mol. The van der Waals surface area contributed by atoms with Crippen molar-refractivity contribution < 1.29 is 14.6 Å². The van der Waals surface area contributed by atoms with E-state index in [1.807, 2.05) is 0 Å². The van der Waals surface area contributed by atoms with Gasteiger partial charge in [-0.05, 0) is 56.8 Å². The summed E-state index contributed by atoms with van der Waals surface area (Å²) in [6.07, 6.45) is 12.8. The van der Waals surface area contributed by atoms with E-state index in [1.165, 1.54) is 64.2 Å². The van der Waals surface area contributed by atoms with E-state index in [0.717, 1.165) is 11.8 Å². The van der Waals surface area contributed by atoms with Crippen molar-refractivity contribution in [2.45, 2.75) is 89.3 Å². The number of aliphatic hydroxyl groups excluding tert-OH is 1. The van der Waals surface area contributed by atoms with Gasteiger partial charge in [0, 0.05) is 11.8 Å². The number of esters is 1. The van der Waals surface area contributed by atoms with Crippen molar-refractivity contribution in [2.24, 2.45) is 23.2 Å². The SMILES string of the molecule is CC1(C23CCCCC2C2CCCCC2CC3)CC(O)C(=O)O1. The molecule has 0 amide bonds. The smallest absolute Gasteiger partial charge is 0.335 e. The van der Waals surface area contributed by atoms with Gasteiger partial charge in [-0.3, -0.25) is 0 Å². The van der Waals surface area contributed by atoms with Crippen LogP contribution >= 0.6 is 0 Å². The topological polar surface area (TPSA) is 46.5 Å². The van der Waals surface area contributed by atoms with Crippen molar-refractivity contribution in [1.29, 1.82) is 0 Å². The molecule has 0 bridgehead atoms. The third kappa shape index (κ3) is 2.00. The molecule has 3 heteroatoms. The first-order valence-corrected chi connectivity index (χ1v) is 9.47. The number of hydrogen-bond donors (Lipinski definition) is 1. The van der Waals surface area contributed by atoms with Gasteiger partial charge in [0.25, 0.3) is 0 Å². The van der Waals surface area contributed by atoms with Crippen molar-refractivity contribution in [2.75, 3.05) is 0 Å². The molecule has 1 aliphatic heterocycles. The Morgan fingerprint density at radius 3 is 2.59 bits per heavy atom. The van der Waals surface area contributed by atoms with Gasteiger partial charge in [-0.2, -0.15) is 0 Å². The summed E-state index contributed by atoms with van der Waals surface area (Å²) in [5.41, 5.74) is -0.298. The highest BCUT2D eigenvalue weighted by molar-refractivity contribution is 5.77. The number of carbonyl (C=O) groups is 1. The lowest BCUT2D eigenvalue weighted by atomic mass is 9.46. The number of carbonyl (C=O) groups excluding carboxylic acids is 1. The molecule has 0 aromatic rings. The predicted octanol–water partition coefficient (Wildman–Crippen LogP) is 3.83. The van der Waals surface area contributed by atoms with Crippen LogP contribution in [-0.2, 0) is 9.53 Å². The van der Waals surface area contributed by atoms with E-state index in [1.54, 1.807) is 0 Å². The minimum Gasteiger partial charge on any atom is -0.457 e. The van der Waals surface area contributed by atoms with Crippen LogP contribution in [0.5, 0.6) is 0 Å². The molecule has 4 fully saturated rings. The number of hydrogen-bond acceptors (Lipinski definition) is 3. The first-order valence-electron chi connectivity index (χ1n) is 9.47. The van der Waals surface area contributed by atoms with Crippen molar-refractivity contribution in [3.8, 4) is 0 Å². The third-order valence-electron chi connectivity index (χ3n) is 7.78. The molecule has 1 saturated heterocycles. The van der Waals surface area contributed by atoms with Gasteiger partial charge in [0.2, 0.25) is 0 Å². The first-order chi connectivity index (χ1) is 10.6. The molecule has 0 aromatic carbocycles. The molecule has 6 unspecified atom stereocenters. The van der Waals surface area contributed by atoms with Gasteiger partial charge in [0.05, 0.1) is 0 Å². The Balaban J connectivity index is 1.69. The second-order valence-corrected chi connectivity index (χ2v) is 8.63. The lowest BCUT2D eigenvalue weighted by molar-refractivity contribution is -0.189. The van der Waals surface area contributed by atoms with Gasteiger partial charge in [0.15, 0.2) is 6.10 Å². The summed E-state index contributed by atoms with van der Waals surface area (Å²) < 4.78 is 5.85. The highest BCUT2D eigenvalue weighted by atomic mass is 16.6. The summed E-state index contributed by atoms with van der Waals surface area (Å²) in [6, 6.07) is 0. The molecule has 0 aromatic heterocycles. The van der Waals surface area contributed by atoms with E-state index in [-0.39, 0.29) is 11.4 Å². The maximum absolute atomic E-state index is 11.9. The van der Waals surface area contributed by atoms with Gasteiger partial charge in [0.1, 0.15) is 5.60 Å². The van der Waals surface area contributed by atoms with E-state index in [4.69, 9.17) is 4.74 Å². The van der Waals surface area contributed by atoms with E-state index in [9.17, 15) is 9.90 Å². The summed E-state index contributed by atoms with van der Waals surface area (Å²) in [4.78, 5) is 11.9. The molecule has 6 atom stereocenters. The first kappa shape index (κ1) is 15.0. The lowest BCUT2D eigenvalue weighted by Crippen LogP contribution is -2.57. The molecule has 3 saturated carbocycles. The second-order valence-electron chi connectivity index (χ2n) is 8.63. The van der Waals surface area contributed by atoms with Crippen molar-refractivity contribution in [3.05, 3.63) is 0 Å². The van der Waals surface area contributed by atoms with Crippen molar-refractivity contribution in [1.82, 2.24) is 0 Å². The quantitative estimate of drug-likeness (QED) is 0.749. The highest BCUT2D eigenvalue weighted by Gasteiger charge is 2.63. The van der Waals surface area contributed by atoms with Gasteiger partial charge in [-0.25, -0.2) is 4.79 Å². The maximum atomic E-state index is 11.9. The van der Waals surface area contributed by atoms with Gasteiger partial charge >= 0.3 is 5.97 Å². The molecule has 4 rings (SSSR count). The fourth-order valence-corrected chi connectivity index (χ4v) is 6.78. The summed E-state index contributed by atoms with van der Waals surface area (Å²) in [5.74, 6) is 2.09. The third-order valence-corrected chi connectivity index (χ3v) is 7.78. The maximum Gasteiger partial charge on any atom is 0.335 e. The fraction of sp³-hybridized carbons (Fsp3) is 0.947. The summed E-state index contributed by atoms with van der Waals surface area (Å²) in [7, 11) is 0. The molecule has 3 nitrogen and oxygen atoms in total. The molecular weight excluding hydrogens is 276 g/mol. The van der Waals surface area contributed by atoms with Crippen LogP contribution in [0.1, 0.15) is 77.6 Å². The Morgan fingerprint density at radius 2 is 1.82 bits per heavy atom. The van der Waals surface area contributed by atoms with E-state index in [0.29, 0.717) is 12.3 Å². The summed E-state index contributed by atoms with van der Waals surface area (Å²) >= 11 is 0.